The number of hydrogen-bond acceptors (Lipinski definition) is 3. The SMILES string of the molecule is CCc1[nH]c(=O)nc2c1CCCCN2. The number of fused-ring (bicyclic) bond motifs is 1. The Kier molecular flexibility index (Phi) is 2.52. The lowest BCUT2D eigenvalue weighted by Gasteiger charge is -2.09. The van der Waals surface area contributed by atoms with Crippen molar-refractivity contribution in [3.8, 4) is 0 Å². The van der Waals surface area contributed by atoms with E-state index in [1.54, 1.807) is 0 Å². The average molecular weight is 193 g/mol. The summed E-state index contributed by atoms with van der Waals surface area (Å²) in [6.07, 6.45) is 4.20. The largest absolute Gasteiger partial charge is 0.370 e. The summed E-state index contributed by atoms with van der Waals surface area (Å²) in [7, 11) is 0. The zero-order valence-corrected chi connectivity index (χ0v) is 8.39. The molecule has 14 heavy (non-hydrogen) atoms. The van der Waals surface area contributed by atoms with Crippen molar-refractivity contribution >= 4 is 5.82 Å². The first-order valence-electron chi connectivity index (χ1n) is 5.17. The lowest BCUT2D eigenvalue weighted by Crippen LogP contribution is -2.18. The zero-order chi connectivity index (χ0) is 9.97. The molecule has 0 saturated heterocycles. The number of hydrogen-bond donors (Lipinski definition) is 2. The maximum atomic E-state index is 11.2. The highest BCUT2D eigenvalue weighted by molar-refractivity contribution is 5.46. The molecular formula is C10H15N3O. The molecule has 1 aromatic heterocycles. The molecule has 1 aromatic rings. The number of anilines is 1. The number of rotatable bonds is 1. The van der Waals surface area contributed by atoms with Crippen molar-refractivity contribution in [1.29, 1.82) is 0 Å². The second kappa shape index (κ2) is 3.82. The van der Waals surface area contributed by atoms with Crippen molar-refractivity contribution in [2.45, 2.75) is 32.6 Å². The molecule has 0 spiro atoms. The van der Waals surface area contributed by atoms with Gasteiger partial charge in [0.25, 0.3) is 0 Å². The molecule has 0 unspecified atom stereocenters. The Hall–Kier alpha value is -1.32. The van der Waals surface area contributed by atoms with E-state index in [4.69, 9.17) is 0 Å². The molecule has 1 aliphatic heterocycles. The molecule has 0 amide bonds. The Morgan fingerprint density at radius 1 is 1.43 bits per heavy atom. The summed E-state index contributed by atoms with van der Waals surface area (Å²) in [5.74, 6) is 0.795. The summed E-state index contributed by atoms with van der Waals surface area (Å²) < 4.78 is 0. The Morgan fingerprint density at radius 2 is 2.29 bits per heavy atom. The van der Waals surface area contributed by atoms with Gasteiger partial charge in [-0.05, 0) is 25.7 Å². The Morgan fingerprint density at radius 3 is 3.07 bits per heavy atom. The number of nitrogens with zero attached hydrogens (tertiary/aromatic N) is 1. The van der Waals surface area contributed by atoms with Gasteiger partial charge in [-0.25, -0.2) is 4.79 Å². The Bertz CT molecular complexity index is 383. The minimum absolute atomic E-state index is 0.241. The molecule has 2 N–H and O–H groups in total. The van der Waals surface area contributed by atoms with E-state index in [0.29, 0.717) is 0 Å². The fourth-order valence-corrected chi connectivity index (χ4v) is 1.90. The highest BCUT2D eigenvalue weighted by atomic mass is 16.1. The first-order chi connectivity index (χ1) is 6.81. The van der Waals surface area contributed by atoms with E-state index < -0.39 is 0 Å². The van der Waals surface area contributed by atoms with Gasteiger partial charge in [0.15, 0.2) is 0 Å². The third-order valence-electron chi connectivity index (χ3n) is 2.62. The Balaban J connectivity index is 2.52. The van der Waals surface area contributed by atoms with Crippen LogP contribution in [-0.2, 0) is 12.8 Å². The molecule has 2 rings (SSSR count). The van der Waals surface area contributed by atoms with Crippen molar-refractivity contribution in [2.24, 2.45) is 0 Å². The maximum Gasteiger partial charge on any atom is 0.347 e. The fourth-order valence-electron chi connectivity index (χ4n) is 1.90. The molecule has 76 valence electrons. The van der Waals surface area contributed by atoms with Gasteiger partial charge in [0.2, 0.25) is 0 Å². The number of H-pyrrole nitrogens is 1. The molecule has 0 atom stereocenters. The third-order valence-corrected chi connectivity index (χ3v) is 2.62. The van der Waals surface area contributed by atoms with E-state index >= 15 is 0 Å². The number of nitrogens with one attached hydrogen (secondary N) is 2. The van der Waals surface area contributed by atoms with Crippen LogP contribution in [-0.4, -0.2) is 16.5 Å². The maximum absolute atomic E-state index is 11.2. The van der Waals surface area contributed by atoms with Gasteiger partial charge in [-0.2, -0.15) is 4.98 Å². The molecule has 0 bridgehead atoms. The predicted molar refractivity (Wildman–Crippen MR) is 55.7 cm³/mol. The van der Waals surface area contributed by atoms with Gasteiger partial charge in [0.05, 0.1) is 0 Å². The van der Waals surface area contributed by atoms with E-state index in [2.05, 4.69) is 22.2 Å². The van der Waals surface area contributed by atoms with E-state index in [1.165, 1.54) is 12.0 Å². The molecule has 1 aliphatic rings. The van der Waals surface area contributed by atoms with Crippen LogP contribution in [0.5, 0.6) is 0 Å². The highest BCUT2D eigenvalue weighted by Gasteiger charge is 2.13. The van der Waals surface area contributed by atoms with Crippen molar-refractivity contribution in [3.63, 3.8) is 0 Å². The predicted octanol–water partition coefficient (Wildman–Crippen LogP) is 1.08. The van der Waals surface area contributed by atoms with E-state index in [0.717, 1.165) is 37.3 Å². The van der Waals surface area contributed by atoms with Gasteiger partial charge in [-0.1, -0.05) is 6.92 Å². The summed E-state index contributed by atoms with van der Waals surface area (Å²) >= 11 is 0. The third kappa shape index (κ3) is 1.64. The molecule has 0 radical (unpaired) electrons. The number of aromatic amines is 1. The van der Waals surface area contributed by atoms with Gasteiger partial charge in [0, 0.05) is 17.8 Å². The summed E-state index contributed by atoms with van der Waals surface area (Å²) in [5.41, 5.74) is 1.99. The molecule has 0 saturated carbocycles. The zero-order valence-electron chi connectivity index (χ0n) is 8.39. The second-order valence-corrected chi connectivity index (χ2v) is 3.59. The van der Waals surface area contributed by atoms with Gasteiger partial charge >= 0.3 is 5.69 Å². The van der Waals surface area contributed by atoms with Gasteiger partial charge in [-0.15, -0.1) is 0 Å². The minimum atomic E-state index is -0.241. The van der Waals surface area contributed by atoms with Crippen LogP contribution in [0.4, 0.5) is 5.82 Å². The minimum Gasteiger partial charge on any atom is -0.370 e. The van der Waals surface area contributed by atoms with Gasteiger partial charge < -0.3 is 10.3 Å². The monoisotopic (exact) mass is 193 g/mol. The summed E-state index contributed by atoms with van der Waals surface area (Å²) in [6, 6.07) is 0. The van der Waals surface area contributed by atoms with Crippen LogP contribution >= 0.6 is 0 Å². The van der Waals surface area contributed by atoms with E-state index in [1.807, 2.05) is 0 Å². The summed E-state index contributed by atoms with van der Waals surface area (Å²) in [6.45, 7) is 2.98. The van der Waals surface area contributed by atoms with E-state index in [9.17, 15) is 4.79 Å². The van der Waals surface area contributed by atoms with Crippen molar-refractivity contribution in [1.82, 2.24) is 9.97 Å². The molecule has 2 heterocycles. The lowest BCUT2D eigenvalue weighted by molar-refractivity contribution is 0.775. The standard InChI is InChI=1S/C10H15N3O/c1-2-8-7-5-3-4-6-11-9(7)13-10(14)12-8/h2-6H2,1H3,(H2,11,12,13,14). The van der Waals surface area contributed by atoms with Crippen LogP contribution in [0.1, 0.15) is 31.0 Å². The van der Waals surface area contributed by atoms with Crippen LogP contribution in [0.15, 0.2) is 4.79 Å². The second-order valence-electron chi connectivity index (χ2n) is 3.59. The van der Waals surface area contributed by atoms with Crippen LogP contribution in [0, 0.1) is 0 Å². The van der Waals surface area contributed by atoms with Crippen LogP contribution in [0.3, 0.4) is 0 Å². The Labute approximate surface area is 82.8 Å². The molecular weight excluding hydrogens is 178 g/mol. The number of aryl methyl sites for hydroxylation is 1. The van der Waals surface area contributed by atoms with Crippen molar-refractivity contribution in [2.75, 3.05) is 11.9 Å². The van der Waals surface area contributed by atoms with Crippen LogP contribution < -0.4 is 11.0 Å². The molecule has 4 heteroatoms. The van der Waals surface area contributed by atoms with Crippen molar-refractivity contribution in [3.05, 3.63) is 21.7 Å². The van der Waals surface area contributed by atoms with Gasteiger partial charge in [0.1, 0.15) is 5.82 Å². The molecule has 0 aromatic carbocycles. The molecule has 4 nitrogen and oxygen atoms in total. The van der Waals surface area contributed by atoms with Crippen LogP contribution in [0.2, 0.25) is 0 Å². The molecule has 0 aliphatic carbocycles. The quantitative estimate of drug-likeness (QED) is 0.701. The normalized spacial score (nSPS) is 15.5. The first-order valence-corrected chi connectivity index (χ1v) is 5.17. The summed E-state index contributed by atoms with van der Waals surface area (Å²) in [5, 5.41) is 3.21. The fraction of sp³-hybridized carbons (Fsp3) is 0.600. The lowest BCUT2D eigenvalue weighted by atomic mass is 10.1. The topological polar surface area (TPSA) is 57.8 Å². The molecule has 0 fully saturated rings. The number of aromatic nitrogens is 2. The highest BCUT2D eigenvalue weighted by Crippen LogP contribution is 2.20. The summed E-state index contributed by atoms with van der Waals surface area (Å²) in [4.78, 5) is 18.0. The van der Waals surface area contributed by atoms with Crippen LogP contribution in [0.25, 0.3) is 0 Å². The van der Waals surface area contributed by atoms with Gasteiger partial charge in [-0.3, -0.25) is 0 Å². The first kappa shape index (κ1) is 9.24. The smallest absolute Gasteiger partial charge is 0.347 e. The van der Waals surface area contributed by atoms with E-state index in [-0.39, 0.29) is 5.69 Å². The van der Waals surface area contributed by atoms with Crippen molar-refractivity contribution < 1.29 is 0 Å². The average Bonchev–Trinajstić information content (AvgIpc) is 2.41.